The van der Waals surface area contributed by atoms with Crippen LogP contribution in [0.15, 0.2) is 54.9 Å². The smallest absolute Gasteiger partial charge is 0.258 e. The third-order valence-electron chi connectivity index (χ3n) is 3.90. The van der Waals surface area contributed by atoms with Gasteiger partial charge in [-0.2, -0.15) is 0 Å². The van der Waals surface area contributed by atoms with Crippen LogP contribution < -0.4 is 24.8 Å². The lowest BCUT2D eigenvalue weighted by Gasteiger charge is -2.10. The lowest BCUT2D eigenvalue weighted by atomic mass is 10.2. The van der Waals surface area contributed by atoms with Crippen molar-refractivity contribution in [1.29, 1.82) is 0 Å². The minimum absolute atomic E-state index is 0.182. The van der Waals surface area contributed by atoms with Gasteiger partial charge in [0.05, 0.1) is 18.4 Å². The number of nitrogens with one attached hydrogen (secondary N) is 2. The van der Waals surface area contributed by atoms with Gasteiger partial charge in [0, 0.05) is 24.1 Å². The van der Waals surface area contributed by atoms with Crippen LogP contribution in [0.5, 0.6) is 17.2 Å². The Morgan fingerprint density at radius 1 is 1.07 bits per heavy atom. The quantitative estimate of drug-likeness (QED) is 0.718. The summed E-state index contributed by atoms with van der Waals surface area (Å²) >= 11 is 0. The first-order valence-corrected chi connectivity index (χ1v) is 8.16. The maximum atomic E-state index is 12.4. The molecule has 0 spiro atoms. The molecule has 3 aromatic rings. The van der Waals surface area contributed by atoms with Crippen LogP contribution in [-0.4, -0.2) is 29.8 Å². The SMILES string of the molecule is COc1ccccc1Nc1ncc(C(=O)Nc2ccc3c(c2)OCO3)cn1. The van der Waals surface area contributed by atoms with E-state index in [1.807, 2.05) is 24.3 Å². The summed E-state index contributed by atoms with van der Waals surface area (Å²) in [6.45, 7) is 0.182. The molecule has 0 saturated heterocycles. The van der Waals surface area contributed by atoms with Gasteiger partial charge in [0.2, 0.25) is 12.7 Å². The molecule has 0 unspecified atom stereocenters. The molecule has 1 aliphatic rings. The highest BCUT2D eigenvalue weighted by Crippen LogP contribution is 2.34. The van der Waals surface area contributed by atoms with Crippen LogP contribution in [0.4, 0.5) is 17.3 Å². The summed E-state index contributed by atoms with van der Waals surface area (Å²) < 4.78 is 15.8. The van der Waals surface area contributed by atoms with Gasteiger partial charge in [0.1, 0.15) is 5.75 Å². The van der Waals surface area contributed by atoms with Gasteiger partial charge in [-0.15, -0.1) is 0 Å². The van der Waals surface area contributed by atoms with Crippen molar-refractivity contribution in [1.82, 2.24) is 9.97 Å². The molecule has 0 bridgehead atoms. The first-order chi connectivity index (χ1) is 13.2. The zero-order valence-corrected chi connectivity index (χ0v) is 14.4. The van der Waals surface area contributed by atoms with Gasteiger partial charge in [-0.1, -0.05) is 12.1 Å². The number of benzene rings is 2. The first-order valence-electron chi connectivity index (χ1n) is 8.16. The Balaban J connectivity index is 1.44. The van der Waals surface area contributed by atoms with Crippen LogP contribution >= 0.6 is 0 Å². The number of rotatable bonds is 5. The van der Waals surface area contributed by atoms with Gasteiger partial charge in [-0.3, -0.25) is 4.79 Å². The first kappa shape index (κ1) is 16.6. The molecular formula is C19H16N4O4. The van der Waals surface area contributed by atoms with Gasteiger partial charge >= 0.3 is 0 Å². The highest BCUT2D eigenvalue weighted by Gasteiger charge is 2.15. The number of methoxy groups -OCH3 is 1. The van der Waals surface area contributed by atoms with Gasteiger partial charge in [-0.25, -0.2) is 9.97 Å². The molecule has 2 heterocycles. The molecule has 27 heavy (non-hydrogen) atoms. The van der Waals surface area contributed by atoms with Crippen molar-refractivity contribution in [2.45, 2.75) is 0 Å². The molecule has 0 radical (unpaired) electrons. The lowest BCUT2D eigenvalue weighted by molar-refractivity contribution is 0.102. The molecule has 0 saturated carbocycles. The van der Waals surface area contributed by atoms with Crippen LogP contribution in [0.2, 0.25) is 0 Å². The third kappa shape index (κ3) is 3.59. The fraction of sp³-hybridized carbons (Fsp3) is 0.105. The summed E-state index contributed by atoms with van der Waals surface area (Å²) in [5.41, 5.74) is 1.66. The van der Waals surface area contributed by atoms with E-state index in [9.17, 15) is 4.79 Å². The number of hydrogen-bond acceptors (Lipinski definition) is 7. The van der Waals surface area contributed by atoms with Crippen molar-refractivity contribution >= 4 is 23.2 Å². The number of hydrogen-bond donors (Lipinski definition) is 2. The topological polar surface area (TPSA) is 94.6 Å². The lowest BCUT2D eigenvalue weighted by Crippen LogP contribution is -2.13. The molecule has 4 rings (SSSR count). The van der Waals surface area contributed by atoms with Crippen molar-refractivity contribution in [3.05, 3.63) is 60.4 Å². The van der Waals surface area contributed by atoms with Crippen LogP contribution in [0.25, 0.3) is 0 Å². The summed E-state index contributed by atoms with van der Waals surface area (Å²) in [4.78, 5) is 20.8. The molecule has 0 aliphatic carbocycles. The third-order valence-corrected chi connectivity index (χ3v) is 3.90. The van der Waals surface area contributed by atoms with E-state index in [1.165, 1.54) is 12.4 Å². The van der Waals surface area contributed by atoms with E-state index in [4.69, 9.17) is 14.2 Å². The number of anilines is 3. The maximum absolute atomic E-state index is 12.4. The molecule has 1 amide bonds. The minimum Gasteiger partial charge on any atom is -0.495 e. The van der Waals surface area contributed by atoms with Gasteiger partial charge < -0.3 is 24.8 Å². The zero-order valence-electron chi connectivity index (χ0n) is 14.4. The molecule has 1 aromatic heterocycles. The summed E-state index contributed by atoms with van der Waals surface area (Å²) in [5.74, 6) is 1.96. The van der Waals surface area contributed by atoms with Crippen molar-refractivity contribution in [2.75, 3.05) is 24.5 Å². The molecule has 2 N–H and O–H groups in total. The average molecular weight is 364 g/mol. The normalized spacial score (nSPS) is 11.7. The van der Waals surface area contributed by atoms with E-state index in [0.717, 1.165) is 5.69 Å². The number of aromatic nitrogens is 2. The Kier molecular flexibility index (Phi) is 4.44. The van der Waals surface area contributed by atoms with E-state index < -0.39 is 0 Å². The monoisotopic (exact) mass is 364 g/mol. The second-order valence-corrected chi connectivity index (χ2v) is 5.64. The molecule has 8 nitrogen and oxygen atoms in total. The number of para-hydroxylation sites is 2. The predicted molar refractivity (Wildman–Crippen MR) is 98.8 cm³/mol. The summed E-state index contributed by atoms with van der Waals surface area (Å²) in [6, 6.07) is 12.6. The highest BCUT2D eigenvalue weighted by molar-refractivity contribution is 6.04. The summed E-state index contributed by atoms with van der Waals surface area (Å²) in [7, 11) is 1.59. The Morgan fingerprint density at radius 2 is 1.85 bits per heavy atom. The molecule has 1 aliphatic heterocycles. The zero-order chi connectivity index (χ0) is 18.6. The van der Waals surface area contributed by atoms with Crippen molar-refractivity contribution < 1.29 is 19.0 Å². The highest BCUT2D eigenvalue weighted by atomic mass is 16.7. The van der Waals surface area contributed by atoms with E-state index in [0.29, 0.717) is 34.4 Å². The van der Waals surface area contributed by atoms with Crippen molar-refractivity contribution in [2.24, 2.45) is 0 Å². The predicted octanol–water partition coefficient (Wildman–Crippen LogP) is 3.21. The average Bonchev–Trinajstić information content (AvgIpc) is 3.17. The summed E-state index contributed by atoms with van der Waals surface area (Å²) in [6.07, 6.45) is 2.90. The minimum atomic E-state index is -0.322. The van der Waals surface area contributed by atoms with Crippen molar-refractivity contribution in [3.8, 4) is 17.2 Å². The van der Waals surface area contributed by atoms with Gasteiger partial charge in [0.25, 0.3) is 5.91 Å². The number of fused-ring (bicyclic) bond motifs is 1. The second kappa shape index (κ2) is 7.20. The number of ether oxygens (including phenoxy) is 3. The number of carbonyl (C=O) groups is 1. The van der Waals surface area contributed by atoms with Gasteiger partial charge in [0.15, 0.2) is 11.5 Å². The van der Waals surface area contributed by atoms with E-state index >= 15 is 0 Å². The maximum Gasteiger partial charge on any atom is 0.258 e. The van der Waals surface area contributed by atoms with Gasteiger partial charge in [-0.05, 0) is 24.3 Å². The van der Waals surface area contributed by atoms with Crippen molar-refractivity contribution in [3.63, 3.8) is 0 Å². The molecule has 2 aromatic carbocycles. The van der Waals surface area contributed by atoms with Crippen LogP contribution in [0.1, 0.15) is 10.4 Å². The Bertz CT molecular complexity index is 976. The van der Waals surface area contributed by atoms with Crippen LogP contribution in [0.3, 0.4) is 0 Å². The number of nitrogens with zero attached hydrogens (tertiary/aromatic N) is 2. The molecule has 8 heteroatoms. The largest absolute Gasteiger partial charge is 0.495 e. The van der Waals surface area contributed by atoms with E-state index in [-0.39, 0.29) is 12.7 Å². The fourth-order valence-corrected chi connectivity index (χ4v) is 2.56. The summed E-state index contributed by atoms with van der Waals surface area (Å²) in [5, 5.41) is 5.84. The molecule has 0 fully saturated rings. The van der Waals surface area contributed by atoms with Crippen LogP contribution in [-0.2, 0) is 0 Å². The Morgan fingerprint density at radius 3 is 2.67 bits per heavy atom. The number of carbonyl (C=O) groups excluding carboxylic acids is 1. The van der Waals surface area contributed by atoms with E-state index in [1.54, 1.807) is 25.3 Å². The standard InChI is InChI=1S/C19H16N4O4/c1-25-15-5-3-2-4-14(15)23-19-20-9-12(10-21-19)18(24)22-13-6-7-16-17(8-13)27-11-26-16/h2-10H,11H2,1H3,(H,22,24)(H,20,21,23). The number of amides is 1. The van der Waals surface area contributed by atoms with E-state index in [2.05, 4.69) is 20.6 Å². The fourth-order valence-electron chi connectivity index (χ4n) is 2.56. The Labute approximate surface area is 155 Å². The Hall–Kier alpha value is -3.81. The van der Waals surface area contributed by atoms with Crippen LogP contribution in [0, 0.1) is 0 Å². The molecule has 136 valence electrons. The molecular weight excluding hydrogens is 348 g/mol. The second-order valence-electron chi connectivity index (χ2n) is 5.64. The molecule has 0 atom stereocenters.